The van der Waals surface area contributed by atoms with E-state index in [2.05, 4.69) is 10.2 Å². The van der Waals surface area contributed by atoms with Gasteiger partial charge in [-0.3, -0.25) is 4.79 Å². The number of alkyl halides is 5. The van der Waals surface area contributed by atoms with Crippen molar-refractivity contribution in [1.29, 1.82) is 4.78 Å². The first-order chi connectivity index (χ1) is 16.1. The Hall–Kier alpha value is -2.83. The third-order valence-electron chi connectivity index (χ3n) is 4.69. The number of hydrogen-bond donors (Lipinski definition) is 2. The molecule has 0 fully saturated rings. The van der Waals surface area contributed by atoms with Crippen LogP contribution >= 0.6 is 23.2 Å². The van der Waals surface area contributed by atoms with Crippen LogP contribution in [-0.4, -0.2) is 26.9 Å². The van der Waals surface area contributed by atoms with Crippen LogP contribution in [0.4, 0.5) is 22.0 Å². The lowest BCUT2D eigenvalue weighted by atomic mass is 10.1. The Labute approximate surface area is 206 Å². The maximum Gasteiger partial charge on any atom is 0.416 e. The van der Waals surface area contributed by atoms with Crippen molar-refractivity contribution in [1.82, 2.24) is 15.5 Å². The maximum absolute atomic E-state index is 14.7. The molecule has 1 aromatic heterocycles. The molecule has 14 heteroatoms. The highest BCUT2D eigenvalue weighted by molar-refractivity contribution is 7.92. The van der Waals surface area contributed by atoms with Gasteiger partial charge in [-0.1, -0.05) is 29.3 Å². The minimum Gasteiger partial charge on any atom is -0.346 e. The number of carbonyl (C=O) groups is 1. The highest BCUT2D eigenvalue weighted by Crippen LogP contribution is 2.35. The number of hydrogen-bond acceptors (Lipinski definition) is 5. The molecule has 6 nitrogen and oxygen atoms in total. The monoisotopic (exact) mass is 552 g/mol. The van der Waals surface area contributed by atoms with Gasteiger partial charge in [0, 0.05) is 10.6 Å². The number of amides is 1. The second-order valence-electron chi connectivity index (χ2n) is 7.30. The summed E-state index contributed by atoms with van der Waals surface area (Å²) in [5.74, 6) is -4.83. The smallest absolute Gasteiger partial charge is 0.346 e. The molecule has 0 bridgehead atoms. The molecule has 35 heavy (non-hydrogen) atoms. The predicted octanol–water partition coefficient (Wildman–Crippen LogP) is 6.10. The normalized spacial score (nSPS) is 13.8. The molecule has 1 unspecified atom stereocenters. The van der Waals surface area contributed by atoms with Crippen LogP contribution in [0.2, 0.25) is 10.0 Å². The average molecular weight is 553 g/mol. The first kappa shape index (κ1) is 26.8. The van der Waals surface area contributed by atoms with Crippen LogP contribution in [0.5, 0.6) is 0 Å². The SMILES string of the molecule is Cc1cc(C(=O)NCC(F)(F)c2ccc(Cl)cc2Cl)c(S(=N)(=O)c2cccc(C(F)(F)F)c2)nn1. The van der Waals surface area contributed by atoms with Gasteiger partial charge in [0.2, 0.25) is 0 Å². The van der Waals surface area contributed by atoms with Crippen LogP contribution in [0.25, 0.3) is 0 Å². The van der Waals surface area contributed by atoms with E-state index in [4.69, 9.17) is 28.0 Å². The molecule has 0 saturated heterocycles. The zero-order chi connectivity index (χ0) is 26.2. The van der Waals surface area contributed by atoms with Crippen molar-refractivity contribution in [3.63, 3.8) is 0 Å². The van der Waals surface area contributed by atoms with Gasteiger partial charge in [0.15, 0.2) is 5.03 Å². The lowest BCUT2D eigenvalue weighted by Gasteiger charge is -2.19. The maximum atomic E-state index is 14.7. The number of halogens is 7. The van der Waals surface area contributed by atoms with E-state index in [1.807, 2.05) is 5.32 Å². The number of nitrogens with one attached hydrogen (secondary N) is 2. The van der Waals surface area contributed by atoms with Gasteiger partial charge in [0.1, 0.15) is 9.73 Å². The van der Waals surface area contributed by atoms with E-state index in [0.29, 0.717) is 6.07 Å². The zero-order valence-electron chi connectivity index (χ0n) is 17.6. The molecule has 1 amide bonds. The lowest BCUT2D eigenvalue weighted by Crippen LogP contribution is -2.36. The van der Waals surface area contributed by atoms with E-state index in [1.54, 1.807) is 0 Å². The van der Waals surface area contributed by atoms with Gasteiger partial charge in [0.05, 0.1) is 33.3 Å². The minimum atomic E-state index is -4.78. The fourth-order valence-corrected chi connectivity index (χ4v) is 4.93. The predicted molar refractivity (Wildman–Crippen MR) is 118 cm³/mol. The van der Waals surface area contributed by atoms with E-state index in [1.165, 1.54) is 13.0 Å². The summed E-state index contributed by atoms with van der Waals surface area (Å²) in [5.41, 5.74) is -2.21. The van der Waals surface area contributed by atoms with Crippen molar-refractivity contribution in [3.8, 4) is 0 Å². The topological polar surface area (TPSA) is 95.8 Å². The fourth-order valence-electron chi connectivity index (χ4n) is 2.98. The number of rotatable bonds is 6. The minimum absolute atomic E-state index is 0.116. The van der Waals surface area contributed by atoms with Gasteiger partial charge in [-0.15, -0.1) is 5.10 Å². The Balaban J connectivity index is 1.96. The van der Waals surface area contributed by atoms with Gasteiger partial charge in [-0.2, -0.15) is 27.1 Å². The van der Waals surface area contributed by atoms with Crippen LogP contribution < -0.4 is 5.32 Å². The Morgan fingerprint density at radius 2 is 1.74 bits per heavy atom. The molecular formula is C21H15Cl2F5N4O2S. The molecule has 3 aromatic rings. The van der Waals surface area contributed by atoms with Crippen LogP contribution in [0.15, 0.2) is 58.5 Å². The standard InChI is InChI=1S/C21H15Cl2F5N4O2S/c1-11-7-15(18(33)30-10-20(24,25)16-6-5-13(22)9-17(16)23)19(32-31-11)35(29,34)14-4-2-3-12(8-14)21(26,27)28/h2-9,29H,10H2,1H3,(H,30,33). The summed E-state index contributed by atoms with van der Waals surface area (Å²) in [6.45, 7) is 0.155. The van der Waals surface area contributed by atoms with Gasteiger partial charge in [-0.05, 0) is 49.4 Å². The van der Waals surface area contributed by atoms with Gasteiger partial charge in [-0.25, -0.2) is 8.99 Å². The summed E-state index contributed by atoms with van der Waals surface area (Å²) in [4.78, 5) is 12.2. The highest BCUT2D eigenvalue weighted by atomic mass is 35.5. The summed E-state index contributed by atoms with van der Waals surface area (Å²) >= 11 is 11.5. The molecule has 0 aliphatic heterocycles. The van der Waals surface area contributed by atoms with Crippen molar-refractivity contribution < 1.29 is 31.0 Å². The Kier molecular flexibility index (Phi) is 7.39. The number of benzene rings is 2. The second-order valence-corrected chi connectivity index (χ2v) is 10.1. The summed E-state index contributed by atoms with van der Waals surface area (Å²) in [7, 11) is -4.29. The summed E-state index contributed by atoms with van der Waals surface area (Å²) in [6.07, 6.45) is -4.78. The molecule has 1 atom stereocenters. The Bertz CT molecular complexity index is 1400. The van der Waals surface area contributed by atoms with Crippen molar-refractivity contribution in [3.05, 3.63) is 81.0 Å². The molecular weight excluding hydrogens is 538 g/mol. The van der Waals surface area contributed by atoms with Crippen molar-refractivity contribution in [2.45, 2.75) is 28.9 Å². The lowest BCUT2D eigenvalue weighted by molar-refractivity contribution is -0.137. The molecule has 0 spiro atoms. The Morgan fingerprint density at radius 3 is 2.37 bits per heavy atom. The Morgan fingerprint density at radius 1 is 1.06 bits per heavy atom. The highest BCUT2D eigenvalue weighted by Gasteiger charge is 2.36. The number of aryl methyl sites for hydroxylation is 1. The van der Waals surface area contributed by atoms with Crippen molar-refractivity contribution in [2.24, 2.45) is 0 Å². The fraction of sp³-hybridized carbons (Fsp3) is 0.190. The summed E-state index contributed by atoms with van der Waals surface area (Å²) < 4.78 is 90.1. The zero-order valence-corrected chi connectivity index (χ0v) is 19.9. The summed E-state index contributed by atoms with van der Waals surface area (Å²) in [5, 5.41) is 8.21. The van der Waals surface area contributed by atoms with E-state index in [-0.39, 0.29) is 15.7 Å². The molecule has 0 radical (unpaired) electrons. The van der Waals surface area contributed by atoms with Crippen LogP contribution in [0.1, 0.15) is 27.2 Å². The molecule has 0 saturated carbocycles. The largest absolute Gasteiger partial charge is 0.416 e. The third kappa shape index (κ3) is 5.88. The van der Waals surface area contributed by atoms with Crippen LogP contribution in [-0.2, 0) is 21.8 Å². The molecule has 186 valence electrons. The molecule has 0 aliphatic carbocycles. The van der Waals surface area contributed by atoms with Gasteiger partial charge >= 0.3 is 6.18 Å². The first-order valence-corrected chi connectivity index (χ1v) is 11.9. The molecule has 1 heterocycles. The first-order valence-electron chi connectivity index (χ1n) is 9.55. The molecule has 3 rings (SSSR count). The number of aromatic nitrogens is 2. The molecule has 2 aromatic carbocycles. The van der Waals surface area contributed by atoms with Crippen molar-refractivity contribution in [2.75, 3.05) is 6.54 Å². The van der Waals surface area contributed by atoms with Crippen LogP contribution in [0.3, 0.4) is 0 Å². The average Bonchev–Trinajstić information content (AvgIpc) is 2.76. The van der Waals surface area contributed by atoms with E-state index in [0.717, 1.165) is 36.4 Å². The van der Waals surface area contributed by atoms with E-state index < -0.39 is 60.9 Å². The van der Waals surface area contributed by atoms with E-state index in [9.17, 15) is 31.0 Å². The van der Waals surface area contributed by atoms with Crippen LogP contribution in [0, 0.1) is 11.7 Å². The van der Waals surface area contributed by atoms with Crippen molar-refractivity contribution >= 4 is 38.8 Å². The van der Waals surface area contributed by atoms with Gasteiger partial charge < -0.3 is 5.32 Å². The third-order valence-corrected chi connectivity index (χ3v) is 7.00. The molecule has 0 aliphatic rings. The van der Waals surface area contributed by atoms with Gasteiger partial charge in [0.25, 0.3) is 11.8 Å². The summed E-state index contributed by atoms with van der Waals surface area (Å²) in [6, 6.07) is 7.50. The van der Waals surface area contributed by atoms with E-state index >= 15 is 0 Å². The number of nitrogens with zero attached hydrogens (tertiary/aromatic N) is 2. The quantitative estimate of drug-likeness (QED) is 0.361. The number of carbonyl (C=O) groups excluding carboxylic acids is 1. The molecule has 2 N–H and O–H groups in total. The second kappa shape index (κ2) is 9.67.